The lowest BCUT2D eigenvalue weighted by Gasteiger charge is -2.07. The quantitative estimate of drug-likeness (QED) is 0.856. The third-order valence-corrected chi connectivity index (χ3v) is 3.29. The zero-order valence-electron chi connectivity index (χ0n) is 11.2. The first-order chi connectivity index (χ1) is 9.45. The molecular weight excluding hydrogens is 318 g/mol. The van der Waals surface area contributed by atoms with Crippen LogP contribution in [0.25, 0.3) is 0 Å². The summed E-state index contributed by atoms with van der Waals surface area (Å²) in [5, 5.41) is 2.80. The maximum Gasteiger partial charge on any atom is 0.255 e. The van der Waals surface area contributed by atoms with E-state index in [9.17, 15) is 9.59 Å². The molecule has 2 aromatic carbocycles. The largest absolute Gasteiger partial charge is 0.322 e. The Morgan fingerprint density at radius 3 is 2.45 bits per heavy atom. The van der Waals surface area contributed by atoms with Crippen molar-refractivity contribution in [3.05, 3.63) is 63.6 Å². The van der Waals surface area contributed by atoms with Crippen molar-refractivity contribution < 1.29 is 9.59 Å². The van der Waals surface area contributed by atoms with Crippen LogP contribution in [0.2, 0.25) is 0 Å². The number of Topliss-reactive ketones (excluding diaryl/α,β-unsaturated/α-hetero) is 1. The molecule has 2 aromatic rings. The van der Waals surface area contributed by atoms with E-state index < -0.39 is 0 Å². The number of benzene rings is 2. The summed E-state index contributed by atoms with van der Waals surface area (Å²) in [6.07, 6.45) is 0. The first-order valence-corrected chi connectivity index (χ1v) is 6.94. The molecule has 1 amide bonds. The molecule has 0 spiro atoms. The molecule has 0 aliphatic rings. The van der Waals surface area contributed by atoms with Crippen LogP contribution in [0.15, 0.2) is 46.9 Å². The molecule has 0 saturated carbocycles. The maximum absolute atomic E-state index is 12.2. The van der Waals surface area contributed by atoms with Crippen molar-refractivity contribution >= 4 is 33.3 Å². The predicted molar refractivity (Wildman–Crippen MR) is 83.3 cm³/mol. The van der Waals surface area contributed by atoms with Gasteiger partial charge in [-0.25, -0.2) is 0 Å². The molecule has 0 bridgehead atoms. The highest BCUT2D eigenvalue weighted by Gasteiger charge is 2.08. The summed E-state index contributed by atoms with van der Waals surface area (Å²) in [5.74, 6) is -0.227. The summed E-state index contributed by atoms with van der Waals surface area (Å²) in [6, 6.07) is 12.4. The van der Waals surface area contributed by atoms with E-state index in [0.717, 1.165) is 10.0 Å². The maximum atomic E-state index is 12.2. The van der Waals surface area contributed by atoms with Gasteiger partial charge in [0, 0.05) is 21.3 Å². The average molecular weight is 332 g/mol. The fourth-order valence-electron chi connectivity index (χ4n) is 1.89. The van der Waals surface area contributed by atoms with Gasteiger partial charge in [0.2, 0.25) is 0 Å². The van der Waals surface area contributed by atoms with E-state index in [4.69, 9.17) is 0 Å². The fraction of sp³-hybridized carbons (Fsp3) is 0.125. The lowest BCUT2D eigenvalue weighted by molar-refractivity contribution is 0.101. The molecule has 0 fully saturated rings. The number of nitrogens with one attached hydrogen (secondary N) is 1. The third-order valence-electron chi connectivity index (χ3n) is 2.83. The van der Waals surface area contributed by atoms with Gasteiger partial charge < -0.3 is 5.32 Å². The topological polar surface area (TPSA) is 46.2 Å². The Bertz CT molecular complexity index is 660. The van der Waals surface area contributed by atoms with Gasteiger partial charge in [-0.3, -0.25) is 9.59 Å². The Balaban J connectivity index is 2.23. The van der Waals surface area contributed by atoms with Gasteiger partial charge in [-0.1, -0.05) is 28.1 Å². The van der Waals surface area contributed by atoms with E-state index in [1.807, 2.05) is 19.1 Å². The minimum Gasteiger partial charge on any atom is -0.322 e. The molecule has 0 aromatic heterocycles. The molecule has 0 saturated heterocycles. The molecule has 2 rings (SSSR count). The molecule has 0 aliphatic carbocycles. The van der Waals surface area contributed by atoms with Crippen molar-refractivity contribution in [3.63, 3.8) is 0 Å². The summed E-state index contributed by atoms with van der Waals surface area (Å²) in [6.45, 7) is 3.43. The predicted octanol–water partition coefficient (Wildman–Crippen LogP) is 4.21. The van der Waals surface area contributed by atoms with Crippen LogP contribution in [0, 0.1) is 6.92 Å². The second kappa shape index (κ2) is 6.01. The zero-order chi connectivity index (χ0) is 14.7. The fourth-order valence-corrected chi connectivity index (χ4v) is 2.49. The van der Waals surface area contributed by atoms with Crippen LogP contribution in [-0.4, -0.2) is 11.7 Å². The Labute approximate surface area is 126 Å². The van der Waals surface area contributed by atoms with Crippen LogP contribution >= 0.6 is 15.9 Å². The lowest BCUT2D eigenvalue weighted by Crippen LogP contribution is -2.12. The first-order valence-electron chi connectivity index (χ1n) is 6.15. The Morgan fingerprint density at radius 1 is 1.05 bits per heavy atom. The monoisotopic (exact) mass is 331 g/mol. The molecular formula is C16H14BrNO2. The molecule has 4 heteroatoms. The van der Waals surface area contributed by atoms with Crippen LogP contribution in [0.5, 0.6) is 0 Å². The Kier molecular flexibility index (Phi) is 4.35. The number of halogens is 1. The average Bonchev–Trinajstić information content (AvgIpc) is 2.37. The van der Waals surface area contributed by atoms with Crippen LogP contribution in [-0.2, 0) is 0 Å². The summed E-state index contributed by atoms with van der Waals surface area (Å²) in [7, 11) is 0. The van der Waals surface area contributed by atoms with Crippen molar-refractivity contribution in [2.45, 2.75) is 13.8 Å². The zero-order valence-corrected chi connectivity index (χ0v) is 12.8. The number of carbonyl (C=O) groups excluding carboxylic acids is 2. The molecule has 20 heavy (non-hydrogen) atoms. The number of anilines is 1. The number of ketones is 1. The van der Waals surface area contributed by atoms with E-state index in [0.29, 0.717) is 16.8 Å². The molecule has 0 unspecified atom stereocenters. The van der Waals surface area contributed by atoms with Gasteiger partial charge in [0.1, 0.15) is 0 Å². The molecule has 3 nitrogen and oxygen atoms in total. The highest BCUT2D eigenvalue weighted by Crippen LogP contribution is 2.17. The highest BCUT2D eigenvalue weighted by molar-refractivity contribution is 9.10. The lowest BCUT2D eigenvalue weighted by atomic mass is 10.1. The number of hydrogen-bond donors (Lipinski definition) is 1. The number of amides is 1. The molecule has 0 atom stereocenters. The minimum absolute atomic E-state index is 0.0283. The minimum atomic E-state index is -0.199. The van der Waals surface area contributed by atoms with Gasteiger partial charge in [0.25, 0.3) is 5.91 Å². The molecule has 0 heterocycles. The van der Waals surface area contributed by atoms with Crippen molar-refractivity contribution in [3.8, 4) is 0 Å². The van der Waals surface area contributed by atoms with Crippen molar-refractivity contribution in [2.24, 2.45) is 0 Å². The van der Waals surface area contributed by atoms with Gasteiger partial charge >= 0.3 is 0 Å². The standard InChI is InChI=1S/C16H14BrNO2/c1-10-6-13(8-14(17)7-10)16(20)18-15-5-3-4-12(9-15)11(2)19/h3-9H,1-2H3,(H,18,20). The van der Waals surface area contributed by atoms with Gasteiger partial charge in [-0.15, -0.1) is 0 Å². The van der Waals surface area contributed by atoms with Gasteiger partial charge in [0.15, 0.2) is 5.78 Å². The Hall–Kier alpha value is -1.94. The number of hydrogen-bond acceptors (Lipinski definition) is 2. The van der Waals surface area contributed by atoms with E-state index >= 15 is 0 Å². The Morgan fingerprint density at radius 2 is 1.80 bits per heavy atom. The van der Waals surface area contributed by atoms with Crippen molar-refractivity contribution in [1.82, 2.24) is 0 Å². The number of rotatable bonds is 3. The van der Waals surface area contributed by atoms with Crippen molar-refractivity contribution in [2.75, 3.05) is 5.32 Å². The molecule has 0 radical (unpaired) electrons. The summed E-state index contributed by atoms with van der Waals surface area (Å²) >= 11 is 3.37. The van der Waals surface area contributed by atoms with Crippen LogP contribution in [0.3, 0.4) is 0 Å². The van der Waals surface area contributed by atoms with E-state index in [2.05, 4.69) is 21.2 Å². The van der Waals surface area contributed by atoms with E-state index in [-0.39, 0.29) is 11.7 Å². The number of aryl methyl sites for hydroxylation is 1. The number of carbonyl (C=O) groups is 2. The third kappa shape index (κ3) is 3.54. The van der Waals surface area contributed by atoms with Crippen LogP contribution in [0.4, 0.5) is 5.69 Å². The van der Waals surface area contributed by atoms with E-state index in [1.54, 1.807) is 30.3 Å². The smallest absolute Gasteiger partial charge is 0.255 e. The summed E-state index contributed by atoms with van der Waals surface area (Å²) < 4.78 is 0.861. The molecule has 1 N–H and O–H groups in total. The summed E-state index contributed by atoms with van der Waals surface area (Å²) in [5.41, 5.74) is 2.76. The normalized spacial score (nSPS) is 10.2. The molecule has 0 aliphatic heterocycles. The first kappa shape index (κ1) is 14.5. The van der Waals surface area contributed by atoms with Gasteiger partial charge in [-0.2, -0.15) is 0 Å². The highest BCUT2D eigenvalue weighted by atomic mass is 79.9. The van der Waals surface area contributed by atoms with Crippen LogP contribution < -0.4 is 5.32 Å². The van der Waals surface area contributed by atoms with Gasteiger partial charge in [0.05, 0.1) is 0 Å². The molecule has 102 valence electrons. The van der Waals surface area contributed by atoms with Crippen LogP contribution in [0.1, 0.15) is 33.2 Å². The van der Waals surface area contributed by atoms with E-state index in [1.165, 1.54) is 6.92 Å². The van der Waals surface area contributed by atoms with Crippen molar-refractivity contribution in [1.29, 1.82) is 0 Å². The SMILES string of the molecule is CC(=O)c1cccc(NC(=O)c2cc(C)cc(Br)c2)c1. The second-order valence-electron chi connectivity index (χ2n) is 4.61. The van der Waals surface area contributed by atoms with Gasteiger partial charge in [-0.05, 0) is 49.7 Å². The second-order valence-corrected chi connectivity index (χ2v) is 5.52. The summed E-state index contributed by atoms with van der Waals surface area (Å²) in [4.78, 5) is 23.5.